The average molecular weight is 325 g/mol. The van der Waals surface area contributed by atoms with Crippen LogP contribution in [-0.2, 0) is 6.54 Å². The van der Waals surface area contributed by atoms with E-state index in [4.69, 9.17) is 4.42 Å². The normalized spacial score (nSPS) is 18.2. The molecule has 124 valence electrons. The summed E-state index contributed by atoms with van der Waals surface area (Å²) in [5.74, 6) is 0.993. The van der Waals surface area contributed by atoms with Gasteiger partial charge in [-0.3, -0.25) is 9.48 Å². The summed E-state index contributed by atoms with van der Waals surface area (Å²) in [4.78, 5) is 23.3. The van der Waals surface area contributed by atoms with Crippen molar-refractivity contribution in [2.75, 3.05) is 13.1 Å². The first-order valence-electron chi connectivity index (χ1n) is 8.18. The third-order valence-corrected chi connectivity index (χ3v) is 4.47. The van der Waals surface area contributed by atoms with Gasteiger partial charge in [0.1, 0.15) is 18.2 Å². The molecule has 1 unspecified atom stereocenters. The molecule has 1 fully saturated rings. The molecule has 24 heavy (non-hydrogen) atoms. The van der Waals surface area contributed by atoms with Crippen molar-refractivity contribution in [3.63, 3.8) is 0 Å². The molecule has 1 aliphatic heterocycles. The Morgan fingerprint density at radius 2 is 2.33 bits per heavy atom. The molecule has 1 amide bonds. The van der Waals surface area contributed by atoms with Crippen LogP contribution >= 0.6 is 0 Å². The van der Waals surface area contributed by atoms with Crippen molar-refractivity contribution in [1.82, 2.24) is 24.6 Å². The Bertz CT molecular complexity index is 855. The van der Waals surface area contributed by atoms with Gasteiger partial charge in [-0.2, -0.15) is 5.10 Å². The quantitative estimate of drug-likeness (QED) is 0.738. The molecule has 3 heterocycles. The highest BCUT2D eigenvalue weighted by atomic mass is 16.3. The second-order valence-electron chi connectivity index (χ2n) is 6.26. The first-order valence-corrected chi connectivity index (χ1v) is 8.18. The average Bonchev–Trinajstić information content (AvgIpc) is 3.22. The summed E-state index contributed by atoms with van der Waals surface area (Å²) in [5, 5.41) is 4.16. The van der Waals surface area contributed by atoms with Crippen molar-refractivity contribution in [1.29, 1.82) is 0 Å². The number of rotatable bonds is 3. The molecule has 3 aromatic rings. The van der Waals surface area contributed by atoms with Gasteiger partial charge in [0.2, 0.25) is 0 Å². The van der Waals surface area contributed by atoms with Crippen molar-refractivity contribution >= 4 is 17.0 Å². The van der Waals surface area contributed by atoms with Crippen molar-refractivity contribution in [3.05, 3.63) is 42.3 Å². The maximum atomic E-state index is 13.0. The molecular formula is C17H19N5O2. The molecule has 0 spiro atoms. The van der Waals surface area contributed by atoms with Crippen LogP contribution in [0.5, 0.6) is 0 Å². The maximum Gasteiger partial charge on any atom is 0.256 e. The number of carbonyl (C=O) groups is 1. The van der Waals surface area contributed by atoms with Crippen LogP contribution in [0.4, 0.5) is 0 Å². The fraction of sp³-hybridized carbons (Fsp3) is 0.412. The highest BCUT2D eigenvalue weighted by Crippen LogP contribution is 2.24. The van der Waals surface area contributed by atoms with E-state index in [-0.39, 0.29) is 5.91 Å². The lowest BCUT2D eigenvalue weighted by atomic mass is 9.97. The molecule has 1 aromatic carbocycles. The zero-order chi connectivity index (χ0) is 16.5. The van der Waals surface area contributed by atoms with Gasteiger partial charge in [0, 0.05) is 26.6 Å². The second-order valence-corrected chi connectivity index (χ2v) is 6.26. The lowest BCUT2D eigenvalue weighted by Gasteiger charge is -2.32. The third kappa shape index (κ3) is 2.77. The van der Waals surface area contributed by atoms with E-state index in [0.29, 0.717) is 28.5 Å². The molecule has 7 heteroatoms. The zero-order valence-corrected chi connectivity index (χ0v) is 13.6. The largest absolute Gasteiger partial charge is 0.441 e. The fourth-order valence-corrected chi connectivity index (χ4v) is 3.39. The number of aryl methyl sites for hydroxylation is 1. The second kappa shape index (κ2) is 6.07. The van der Waals surface area contributed by atoms with Gasteiger partial charge in [-0.1, -0.05) is 6.07 Å². The Morgan fingerprint density at radius 1 is 1.42 bits per heavy atom. The van der Waals surface area contributed by atoms with Crippen LogP contribution < -0.4 is 0 Å². The van der Waals surface area contributed by atoms with Crippen LogP contribution in [0.2, 0.25) is 0 Å². The minimum absolute atomic E-state index is 0.0252. The highest BCUT2D eigenvalue weighted by Gasteiger charge is 2.26. The molecule has 0 radical (unpaired) electrons. The molecule has 0 bridgehead atoms. The molecule has 1 aliphatic rings. The number of nitrogens with zero attached hydrogens (tertiary/aromatic N) is 5. The minimum Gasteiger partial charge on any atom is -0.441 e. The minimum atomic E-state index is 0.0252. The van der Waals surface area contributed by atoms with Gasteiger partial charge in [-0.05, 0) is 30.9 Å². The van der Waals surface area contributed by atoms with E-state index in [1.165, 1.54) is 0 Å². The van der Waals surface area contributed by atoms with Crippen molar-refractivity contribution in [3.8, 4) is 0 Å². The summed E-state index contributed by atoms with van der Waals surface area (Å²) in [6.45, 7) is 4.09. The Labute approximate surface area is 139 Å². The predicted octanol–water partition coefficient (Wildman–Crippen LogP) is 2.28. The summed E-state index contributed by atoms with van der Waals surface area (Å²) in [7, 11) is 0. The standard InChI is InChI=1S/C17H19N5O2/c1-12-20-16-14(5-2-6-15(16)24-12)17(23)21-7-3-4-13(8-21)9-22-11-18-10-19-22/h2,5-6,10-11,13H,3-4,7-9H2,1H3. The van der Waals surface area contributed by atoms with Crippen LogP contribution in [-0.4, -0.2) is 43.6 Å². The van der Waals surface area contributed by atoms with Gasteiger partial charge in [0.15, 0.2) is 11.5 Å². The van der Waals surface area contributed by atoms with Crippen LogP contribution in [0, 0.1) is 12.8 Å². The van der Waals surface area contributed by atoms with Gasteiger partial charge in [0.25, 0.3) is 5.91 Å². The highest BCUT2D eigenvalue weighted by molar-refractivity contribution is 6.04. The van der Waals surface area contributed by atoms with Crippen molar-refractivity contribution in [2.24, 2.45) is 5.92 Å². The monoisotopic (exact) mass is 325 g/mol. The van der Waals surface area contributed by atoms with Gasteiger partial charge >= 0.3 is 0 Å². The lowest BCUT2D eigenvalue weighted by Crippen LogP contribution is -2.41. The number of amides is 1. The van der Waals surface area contributed by atoms with E-state index in [0.717, 1.165) is 32.5 Å². The first-order chi connectivity index (χ1) is 11.7. The van der Waals surface area contributed by atoms with Gasteiger partial charge in [-0.15, -0.1) is 0 Å². The molecule has 0 N–H and O–H groups in total. The molecular weight excluding hydrogens is 306 g/mol. The summed E-state index contributed by atoms with van der Waals surface area (Å²) in [5.41, 5.74) is 1.93. The molecule has 0 saturated carbocycles. The van der Waals surface area contributed by atoms with Gasteiger partial charge in [0.05, 0.1) is 5.56 Å². The number of likely N-dealkylation sites (tertiary alicyclic amines) is 1. The summed E-state index contributed by atoms with van der Waals surface area (Å²) < 4.78 is 7.37. The number of benzene rings is 1. The van der Waals surface area contributed by atoms with E-state index in [1.807, 2.05) is 27.8 Å². The van der Waals surface area contributed by atoms with Crippen LogP contribution in [0.25, 0.3) is 11.1 Å². The number of oxazole rings is 1. The topological polar surface area (TPSA) is 77.1 Å². The lowest BCUT2D eigenvalue weighted by molar-refractivity contribution is 0.0661. The van der Waals surface area contributed by atoms with Gasteiger partial charge in [-0.25, -0.2) is 9.97 Å². The number of hydrogen-bond donors (Lipinski definition) is 0. The number of carbonyl (C=O) groups excluding carboxylic acids is 1. The smallest absolute Gasteiger partial charge is 0.256 e. The zero-order valence-electron chi connectivity index (χ0n) is 13.6. The van der Waals surface area contributed by atoms with E-state index in [9.17, 15) is 4.79 Å². The third-order valence-electron chi connectivity index (χ3n) is 4.47. The van der Waals surface area contributed by atoms with Crippen molar-refractivity contribution in [2.45, 2.75) is 26.3 Å². The number of fused-ring (bicyclic) bond motifs is 1. The molecule has 2 aromatic heterocycles. The molecule has 4 rings (SSSR count). The molecule has 0 aliphatic carbocycles. The first kappa shape index (κ1) is 14.9. The number of aromatic nitrogens is 4. The fourth-order valence-electron chi connectivity index (χ4n) is 3.39. The predicted molar refractivity (Wildman–Crippen MR) is 87.4 cm³/mol. The summed E-state index contributed by atoms with van der Waals surface area (Å²) in [6.07, 6.45) is 5.36. The number of para-hydroxylation sites is 1. The van der Waals surface area contributed by atoms with E-state index >= 15 is 0 Å². The summed E-state index contributed by atoms with van der Waals surface area (Å²) in [6, 6.07) is 5.51. The SMILES string of the molecule is Cc1nc2c(C(=O)N3CCCC(Cn4cncn4)C3)cccc2o1. The maximum absolute atomic E-state index is 13.0. The van der Waals surface area contributed by atoms with Crippen LogP contribution in [0.3, 0.4) is 0 Å². The number of piperidine rings is 1. The van der Waals surface area contributed by atoms with E-state index < -0.39 is 0 Å². The summed E-state index contributed by atoms with van der Waals surface area (Å²) >= 11 is 0. The van der Waals surface area contributed by atoms with E-state index in [1.54, 1.807) is 19.6 Å². The van der Waals surface area contributed by atoms with Gasteiger partial charge < -0.3 is 9.32 Å². The Hall–Kier alpha value is -2.70. The molecule has 7 nitrogen and oxygen atoms in total. The van der Waals surface area contributed by atoms with E-state index in [2.05, 4.69) is 15.1 Å². The van der Waals surface area contributed by atoms with Crippen LogP contribution in [0.1, 0.15) is 29.1 Å². The van der Waals surface area contributed by atoms with Crippen molar-refractivity contribution < 1.29 is 9.21 Å². The Balaban J connectivity index is 1.54. The Morgan fingerprint density at radius 3 is 3.17 bits per heavy atom. The number of hydrogen-bond acceptors (Lipinski definition) is 5. The molecule has 1 saturated heterocycles. The molecule has 1 atom stereocenters. The Kier molecular flexibility index (Phi) is 3.76. The van der Waals surface area contributed by atoms with Crippen LogP contribution in [0.15, 0.2) is 35.3 Å².